The quantitative estimate of drug-likeness (QED) is 0.794. The fourth-order valence-electron chi connectivity index (χ4n) is 1.32. The third kappa shape index (κ3) is 4.12. The lowest BCUT2D eigenvalue weighted by Gasteiger charge is -2.21. The first kappa shape index (κ1) is 13.5. The topological polar surface area (TPSA) is 48.7 Å². The summed E-state index contributed by atoms with van der Waals surface area (Å²) in [6, 6.07) is 2.33. The van der Waals surface area contributed by atoms with E-state index in [0.717, 1.165) is 28.8 Å². The Balaban J connectivity index is 2.37. The Kier molecular flexibility index (Phi) is 5.26. The summed E-state index contributed by atoms with van der Waals surface area (Å²) in [5, 5.41) is 14.3. The summed E-state index contributed by atoms with van der Waals surface area (Å²) in [4.78, 5) is 4.38. The molecule has 0 saturated heterocycles. The summed E-state index contributed by atoms with van der Waals surface area (Å²) in [7, 11) is 0. The monoisotopic (exact) mass is 255 g/mol. The minimum atomic E-state index is -0.409. The van der Waals surface area contributed by atoms with Crippen molar-refractivity contribution in [3.8, 4) is 6.07 Å². The van der Waals surface area contributed by atoms with Crippen molar-refractivity contribution < 1.29 is 0 Å². The highest BCUT2D eigenvalue weighted by Gasteiger charge is 2.21. The summed E-state index contributed by atoms with van der Waals surface area (Å²) < 4.78 is 1.09. The molecule has 0 aliphatic heterocycles. The minimum Gasteiger partial charge on any atom is -0.300 e. The molecule has 0 saturated carbocycles. The maximum atomic E-state index is 9.08. The van der Waals surface area contributed by atoms with E-state index in [2.05, 4.69) is 21.8 Å². The second kappa shape index (κ2) is 6.24. The van der Waals surface area contributed by atoms with Crippen molar-refractivity contribution in [2.75, 3.05) is 12.3 Å². The van der Waals surface area contributed by atoms with Crippen LogP contribution in [0, 0.1) is 18.3 Å². The van der Waals surface area contributed by atoms with Gasteiger partial charge in [-0.15, -0.1) is 11.3 Å². The number of nitriles is 1. The highest BCUT2D eigenvalue weighted by Crippen LogP contribution is 2.24. The third-order valence-corrected chi connectivity index (χ3v) is 4.38. The zero-order valence-corrected chi connectivity index (χ0v) is 11.5. The van der Waals surface area contributed by atoms with E-state index in [1.165, 1.54) is 0 Å². The number of thiazole rings is 1. The highest BCUT2D eigenvalue weighted by molar-refractivity contribution is 8.01. The fraction of sp³-hybridized carbons (Fsp3) is 0.636. The largest absolute Gasteiger partial charge is 0.300 e. The normalized spacial score (nSPS) is 14.4. The van der Waals surface area contributed by atoms with Crippen LogP contribution in [0.2, 0.25) is 0 Å². The molecule has 3 nitrogen and oxygen atoms in total. The van der Waals surface area contributed by atoms with Crippen LogP contribution in [0.4, 0.5) is 0 Å². The maximum absolute atomic E-state index is 9.08. The van der Waals surface area contributed by atoms with Gasteiger partial charge in [0.15, 0.2) is 0 Å². The van der Waals surface area contributed by atoms with Crippen LogP contribution >= 0.6 is 23.1 Å². The second-order valence-electron chi connectivity index (χ2n) is 3.83. The van der Waals surface area contributed by atoms with Crippen LogP contribution in [0.1, 0.15) is 26.0 Å². The molecule has 0 aliphatic rings. The standard InChI is InChI=1S/C11H17N3S2/c1-4-13-11(3,8-12)5-6-15-10-14-9(2)7-16-10/h7,13H,4-6H2,1-3H3. The van der Waals surface area contributed by atoms with Crippen molar-refractivity contribution in [1.29, 1.82) is 5.26 Å². The first-order valence-corrected chi connectivity index (χ1v) is 7.17. The zero-order chi connectivity index (χ0) is 12.0. The highest BCUT2D eigenvalue weighted by atomic mass is 32.2. The molecule has 0 bridgehead atoms. The van der Waals surface area contributed by atoms with Crippen LogP contribution < -0.4 is 5.32 Å². The van der Waals surface area contributed by atoms with Crippen molar-refractivity contribution >= 4 is 23.1 Å². The first-order chi connectivity index (χ1) is 7.59. The van der Waals surface area contributed by atoms with E-state index >= 15 is 0 Å². The first-order valence-electron chi connectivity index (χ1n) is 5.31. The van der Waals surface area contributed by atoms with E-state index < -0.39 is 5.54 Å². The minimum absolute atomic E-state index is 0.409. The van der Waals surface area contributed by atoms with Gasteiger partial charge in [0.2, 0.25) is 0 Å². The van der Waals surface area contributed by atoms with Gasteiger partial charge in [-0.2, -0.15) is 5.26 Å². The lowest BCUT2D eigenvalue weighted by Crippen LogP contribution is -2.41. The van der Waals surface area contributed by atoms with Crippen LogP contribution in [-0.2, 0) is 0 Å². The molecule has 88 valence electrons. The van der Waals surface area contributed by atoms with Crippen LogP contribution in [0.5, 0.6) is 0 Å². The Morgan fingerprint density at radius 3 is 2.94 bits per heavy atom. The summed E-state index contributed by atoms with van der Waals surface area (Å²) in [5.74, 6) is 0.921. The predicted molar refractivity (Wildman–Crippen MR) is 69.9 cm³/mol. The smallest absolute Gasteiger partial charge is 0.150 e. The Bertz CT molecular complexity index is 370. The maximum Gasteiger partial charge on any atom is 0.150 e. The number of nitrogens with zero attached hydrogens (tertiary/aromatic N) is 2. The van der Waals surface area contributed by atoms with Gasteiger partial charge in [0.05, 0.1) is 6.07 Å². The number of aryl methyl sites for hydroxylation is 1. The van der Waals surface area contributed by atoms with Gasteiger partial charge < -0.3 is 0 Å². The van der Waals surface area contributed by atoms with Crippen LogP contribution in [0.3, 0.4) is 0 Å². The molecule has 5 heteroatoms. The van der Waals surface area contributed by atoms with E-state index in [1.54, 1.807) is 23.1 Å². The number of rotatable bonds is 6. The molecule has 0 amide bonds. The molecule has 1 unspecified atom stereocenters. The Hall–Kier alpha value is -0.570. The molecule has 0 spiro atoms. The average molecular weight is 255 g/mol. The molecular weight excluding hydrogens is 238 g/mol. The van der Waals surface area contributed by atoms with E-state index in [1.807, 2.05) is 20.8 Å². The molecule has 1 rings (SSSR count). The molecular formula is C11H17N3S2. The number of nitrogens with one attached hydrogen (secondary N) is 1. The Morgan fingerprint density at radius 2 is 2.44 bits per heavy atom. The van der Waals surface area contributed by atoms with E-state index in [0.29, 0.717) is 0 Å². The number of aromatic nitrogens is 1. The van der Waals surface area contributed by atoms with Crippen molar-refractivity contribution in [3.05, 3.63) is 11.1 Å². The molecule has 0 aliphatic carbocycles. The van der Waals surface area contributed by atoms with E-state index in [4.69, 9.17) is 5.26 Å². The van der Waals surface area contributed by atoms with Gasteiger partial charge in [-0.25, -0.2) is 4.98 Å². The number of hydrogen-bond donors (Lipinski definition) is 1. The van der Waals surface area contributed by atoms with Gasteiger partial charge in [0.25, 0.3) is 0 Å². The van der Waals surface area contributed by atoms with E-state index in [9.17, 15) is 0 Å². The van der Waals surface area contributed by atoms with Crippen molar-refractivity contribution in [2.45, 2.75) is 37.1 Å². The fourth-order valence-corrected chi connectivity index (χ4v) is 3.40. The molecule has 0 radical (unpaired) electrons. The van der Waals surface area contributed by atoms with Crippen molar-refractivity contribution in [2.24, 2.45) is 0 Å². The van der Waals surface area contributed by atoms with Crippen molar-refractivity contribution in [1.82, 2.24) is 10.3 Å². The Morgan fingerprint density at radius 1 is 1.69 bits per heavy atom. The number of thioether (sulfide) groups is 1. The van der Waals surface area contributed by atoms with Gasteiger partial charge in [-0.3, -0.25) is 5.32 Å². The molecule has 16 heavy (non-hydrogen) atoms. The van der Waals surface area contributed by atoms with Gasteiger partial charge in [-0.05, 0) is 26.8 Å². The predicted octanol–water partition coefficient (Wildman–Crippen LogP) is 2.83. The third-order valence-electron chi connectivity index (χ3n) is 2.24. The lowest BCUT2D eigenvalue weighted by molar-refractivity contribution is 0.450. The SMILES string of the molecule is CCNC(C)(C#N)CCSc1nc(C)cs1. The van der Waals surface area contributed by atoms with Gasteiger partial charge in [0, 0.05) is 16.8 Å². The average Bonchev–Trinajstić information content (AvgIpc) is 2.65. The van der Waals surface area contributed by atoms with E-state index in [-0.39, 0.29) is 0 Å². The summed E-state index contributed by atoms with van der Waals surface area (Å²) >= 11 is 3.40. The molecule has 1 aromatic rings. The van der Waals surface area contributed by atoms with Crippen molar-refractivity contribution in [3.63, 3.8) is 0 Å². The summed E-state index contributed by atoms with van der Waals surface area (Å²) in [5.41, 5.74) is 0.663. The molecule has 1 heterocycles. The van der Waals surface area contributed by atoms with Crippen LogP contribution in [0.15, 0.2) is 9.72 Å². The lowest BCUT2D eigenvalue weighted by atomic mass is 10.0. The van der Waals surface area contributed by atoms with Gasteiger partial charge in [-0.1, -0.05) is 18.7 Å². The molecule has 1 aromatic heterocycles. The number of hydrogen-bond acceptors (Lipinski definition) is 5. The molecule has 1 atom stereocenters. The second-order valence-corrected chi connectivity index (χ2v) is 6.03. The zero-order valence-electron chi connectivity index (χ0n) is 9.91. The van der Waals surface area contributed by atoms with Crippen LogP contribution in [0.25, 0.3) is 0 Å². The Labute approximate surface area is 105 Å². The molecule has 0 fully saturated rings. The summed E-state index contributed by atoms with van der Waals surface area (Å²) in [6.07, 6.45) is 0.834. The van der Waals surface area contributed by atoms with Crippen LogP contribution in [-0.4, -0.2) is 22.8 Å². The van der Waals surface area contributed by atoms with Gasteiger partial charge >= 0.3 is 0 Å². The van der Waals surface area contributed by atoms with Gasteiger partial charge in [0.1, 0.15) is 9.88 Å². The summed E-state index contributed by atoms with van der Waals surface area (Å²) in [6.45, 7) is 6.79. The molecule has 0 aromatic carbocycles. The molecule has 1 N–H and O–H groups in total.